The Bertz CT molecular complexity index is 350. The van der Waals surface area contributed by atoms with E-state index < -0.39 is 0 Å². The molecule has 0 spiro atoms. The standard InChI is InChI=1S/C9H13N3O2/c1-12(2)11-9(14)6-3-4-7(10)8(13)5-6/h3-5,13H,10H2,1-2H3,(H,11,14). The van der Waals surface area contributed by atoms with Crippen molar-refractivity contribution in [3.8, 4) is 5.75 Å². The third-order valence-corrected chi connectivity index (χ3v) is 1.62. The van der Waals surface area contributed by atoms with Gasteiger partial charge in [-0.2, -0.15) is 0 Å². The normalized spacial score (nSPS) is 10.2. The molecule has 5 nitrogen and oxygen atoms in total. The van der Waals surface area contributed by atoms with Gasteiger partial charge in [0.05, 0.1) is 5.69 Å². The Morgan fingerprint density at radius 1 is 1.50 bits per heavy atom. The Labute approximate surface area is 82.1 Å². The number of phenolic OH excluding ortho intramolecular Hbond substituents is 1. The van der Waals surface area contributed by atoms with Crippen molar-refractivity contribution in [3.05, 3.63) is 23.8 Å². The first-order chi connectivity index (χ1) is 6.50. The molecular weight excluding hydrogens is 182 g/mol. The molecule has 1 aromatic carbocycles. The van der Waals surface area contributed by atoms with Gasteiger partial charge in [-0.15, -0.1) is 0 Å². The molecule has 4 N–H and O–H groups in total. The van der Waals surface area contributed by atoms with E-state index in [4.69, 9.17) is 5.73 Å². The van der Waals surface area contributed by atoms with Gasteiger partial charge in [0, 0.05) is 19.7 Å². The highest BCUT2D eigenvalue weighted by atomic mass is 16.3. The molecule has 0 aliphatic heterocycles. The van der Waals surface area contributed by atoms with Crippen molar-refractivity contribution in [1.82, 2.24) is 10.4 Å². The molecule has 0 saturated heterocycles. The van der Waals surface area contributed by atoms with Crippen LogP contribution in [0.3, 0.4) is 0 Å². The van der Waals surface area contributed by atoms with Crippen molar-refractivity contribution in [3.63, 3.8) is 0 Å². The Hall–Kier alpha value is -1.75. The van der Waals surface area contributed by atoms with E-state index in [1.807, 2.05) is 0 Å². The smallest absolute Gasteiger partial charge is 0.265 e. The SMILES string of the molecule is CN(C)NC(=O)c1ccc(N)c(O)c1. The zero-order chi connectivity index (χ0) is 10.7. The summed E-state index contributed by atoms with van der Waals surface area (Å²) in [6.07, 6.45) is 0. The van der Waals surface area contributed by atoms with E-state index >= 15 is 0 Å². The largest absolute Gasteiger partial charge is 0.506 e. The highest BCUT2D eigenvalue weighted by molar-refractivity contribution is 5.94. The number of carbonyl (C=O) groups excluding carboxylic acids is 1. The van der Waals surface area contributed by atoms with Crippen LogP contribution in [-0.4, -0.2) is 30.1 Å². The average molecular weight is 195 g/mol. The lowest BCUT2D eigenvalue weighted by Crippen LogP contribution is -2.36. The zero-order valence-corrected chi connectivity index (χ0v) is 8.11. The van der Waals surface area contributed by atoms with Crippen molar-refractivity contribution in [2.45, 2.75) is 0 Å². The number of hydrogen-bond acceptors (Lipinski definition) is 4. The molecule has 0 unspecified atom stereocenters. The maximum absolute atomic E-state index is 11.4. The summed E-state index contributed by atoms with van der Waals surface area (Å²) in [7, 11) is 3.41. The number of amides is 1. The fraction of sp³-hybridized carbons (Fsp3) is 0.222. The van der Waals surface area contributed by atoms with E-state index in [-0.39, 0.29) is 17.3 Å². The third kappa shape index (κ3) is 2.37. The van der Waals surface area contributed by atoms with Gasteiger partial charge < -0.3 is 10.8 Å². The van der Waals surface area contributed by atoms with Crippen LogP contribution in [0.15, 0.2) is 18.2 Å². The number of hydrogen-bond donors (Lipinski definition) is 3. The summed E-state index contributed by atoms with van der Waals surface area (Å²) in [6, 6.07) is 4.36. The number of nitrogens with zero attached hydrogens (tertiary/aromatic N) is 1. The summed E-state index contributed by atoms with van der Waals surface area (Å²) in [6.45, 7) is 0. The Morgan fingerprint density at radius 2 is 2.14 bits per heavy atom. The van der Waals surface area contributed by atoms with E-state index in [1.165, 1.54) is 17.1 Å². The Kier molecular flexibility index (Phi) is 2.93. The summed E-state index contributed by atoms with van der Waals surface area (Å²) < 4.78 is 0. The van der Waals surface area contributed by atoms with Gasteiger partial charge >= 0.3 is 0 Å². The monoisotopic (exact) mass is 195 g/mol. The minimum atomic E-state index is -0.287. The number of nitrogen functional groups attached to an aromatic ring is 1. The number of benzene rings is 1. The summed E-state index contributed by atoms with van der Waals surface area (Å²) >= 11 is 0. The summed E-state index contributed by atoms with van der Waals surface area (Å²) in [5.74, 6) is -0.373. The van der Waals surface area contributed by atoms with Crippen LogP contribution in [0.1, 0.15) is 10.4 Å². The van der Waals surface area contributed by atoms with E-state index in [9.17, 15) is 9.90 Å². The highest BCUT2D eigenvalue weighted by Crippen LogP contribution is 2.20. The van der Waals surface area contributed by atoms with E-state index in [2.05, 4.69) is 5.43 Å². The molecule has 0 aromatic heterocycles. The average Bonchev–Trinajstić information content (AvgIpc) is 2.08. The van der Waals surface area contributed by atoms with Crippen LogP contribution in [0.2, 0.25) is 0 Å². The molecule has 0 saturated carbocycles. The van der Waals surface area contributed by atoms with Crippen LogP contribution in [0, 0.1) is 0 Å². The molecule has 0 heterocycles. The van der Waals surface area contributed by atoms with Crippen LogP contribution in [0.4, 0.5) is 5.69 Å². The third-order valence-electron chi connectivity index (χ3n) is 1.62. The van der Waals surface area contributed by atoms with Gasteiger partial charge in [-0.3, -0.25) is 10.2 Å². The van der Waals surface area contributed by atoms with Gasteiger partial charge in [-0.1, -0.05) is 0 Å². The van der Waals surface area contributed by atoms with Gasteiger partial charge in [0.15, 0.2) is 0 Å². The van der Waals surface area contributed by atoms with Gasteiger partial charge in [-0.05, 0) is 18.2 Å². The Morgan fingerprint density at radius 3 is 2.64 bits per heavy atom. The molecule has 1 amide bonds. The molecule has 0 radical (unpaired) electrons. The van der Waals surface area contributed by atoms with Crippen LogP contribution in [-0.2, 0) is 0 Å². The first-order valence-corrected chi connectivity index (χ1v) is 4.07. The molecular formula is C9H13N3O2. The molecule has 76 valence electrons. The molecule has 0 fully saturated rings. The van der Waals surface area contributed by atoms with Crippen molar-refractivity contribution < 1.29 is 9.90 Å². The molecule has 1 aromatic rings. The quantitative estimate of drug-likeness (QED) is 0.357. The lowest BCUT2D eigenvalue weighted by atomic mass is 10.2. The van der Waals surface area contributed by atoms with Crippen molar-refractivity contribution in [1.29, 1.82) is 0 Å². The topological polar surface area (TPSA) is 78.6 Å². The van der Waals surface area contributed by atoms with Crippen LogP contribution < -0.4 is 11.2 Å². The molecule has 0 atom stereocenters. The van der Waals surface area contributed by atoms with E-state index in [0.717, 1.165) is 0 Å². The number of aromatic hydroxyl groups is 1. The summed E-state index contributed by atoms with van der Waals surface area (Å²) in [5.41, 5.74) is 8.57. The fourth-order valence-corrected chi connectivity index (χ4v) is 0.953. The first kappa shape index (κ1) is 10.3. The zero-order valence-electron chi connectivity index (χ0n) is 8.11. The van der Waals surface area contributed by atoms with Gasteiger partial charge in [0.2, 0.25) is 0 Å². The number of anilines is 1. The molecule has 0 aliphatic rings. The lowest BCUT2D eigenvalue weighted by Gasteiger charge is -2.11. The fourth-order valence-electron chi connectivity index (χ4n) is 0.953. The van der Waals surface area contributed by atoms with Crippen LogP contribution in [0.5, 0.6) is 5.75 Å². The molecule has 1 rings (SSSR count). The lowest BCUT2D eigenvalue weighted by molar-refractivity contribution is 0.0856. The van der Waals surface area contributed by atoms with Crippen LogP contribution >= 0.6 is 0 Å². The summed E-state index contributed by atoms with van der Waals surface area (Å²) in [5, 5.41) is 10.8. The number of nitrogens with one attached hydrogen (secondary N) is 1. The molecule has 14 heavy (non-hydrogen) atoms. The second-order valence-corrected chi connectivity index (χ2v) is 3.11. The predicted octanol–water partition coefficient (Wildman–Crippen LogP) is 0.181. The molecule has 0 aliphatic carbocycles. The summed E-state index contributed by atoms with van der Waals surface area (Å²) in [4.78, 5) is 11.4. The number of nitrogens with two attached hydrogens (primary N) is 1. The number of phenols is 1. The highest BCUT2D eigenvalue weighted by Gasteiger charge is 2.07. The van der Waals surface area contributed by atoms with Gasteiger partial charge in [0.1, 0.15) is 5.75 Å². The molecule has 0 bridgehead atoms. The van der Waals surface area contributed by atoms with E-state index in [1.54, 1.807) is 20.2 Å². The molecule has 5 heteroatoms. The number of carbonyl (C=O) groups is 1. The first-order valence-electron chi connectivity index (χ1n) is 4.07. The van der Waals surface area contributed by atoms with Crippen molar-refractivity contribution in [2.75, 3.05) is 19.8 Å². The second kappa shape index (κ2) is 3.97. The van der Waals surface area contributed by atoms with Gasteiger partial charge in [0.25, 0.3) is 5.91 Å². The van der Waals surface area contributed by atoms with Crippen molar-refractivity contribution >= 4 is 11.6 Å². The van der Waals surface area contributed by atoms with E-state index in [0.29, 0.717) is 5.56 Å². The maximum atomic E-state index is 11.4. The number of hydrazine groups is 1. The maximum Gasteiger partial charge on any atom is 0.265 e. The minimum Gasteiger partial charge on any atom is -0.506 e. The van der Waals surface area contributed by atoms with Crippen molar-refractivity contribution in [2.24, 2.45) is 0 Å². The van der Waals surface area contributed by atoms with Gasteiger partial charge in [-0.25, -0.2) is 5.01 Å². The predicted molar refractivity (Wildman–Crippen MR) is 53.7 cm³/mol. The second-order valence-electron chi connectivity index (χ2n) is 3.11. The minimum absolute atomic E-state index is 0.0867. The van der Waals surface area contributed by atoms with Crippen LogP contribution in [0.25, 0.3) is 0 Å². The Balaban J connectivity index is 2.86. The number of rotatable bonds is 2.